The lowest BCUT2D eigenvalue weighted by Crippen LogP contribution is -2.36. The monoisotopic (exact) mass is 372 g/mol. The van der Waals surface area contributed by atoms with Gasteiger partial charge in [-0.3, -0.25) is 4.55 Å². The fourth-order valence-electron chi connectivity index (χ4n) is 2.40. The molecule has 0 amide bonds. The van der Waals surface area contributed by atoms with Crippen LogP contribution in [0.2, 0.25) is 0 Å². The molecule has 0 aliphatic rings. The molecule has 0 unspecified atom stereocenters. The van der Waals surface area contributed by atoms with E-state index in [2.05, 4.69) is 48.9 Å². The standard InChI is InChI=1S/C16H21NO3S3/c1-4-13(21-3)11-16-17(8-5-9-23(18,19)20)14-10-12(2)6-7-15(14)22-16/h6-7,10-11H,4-5,8-9H2,1-3H3/p+1. The number of hydrogen-bond donors (Lipinski definition) is 1. The van der Waals surface area contributed by atoms with Gasteiger partial charge in [0.1, 0.15) is 4.70 Å². The average molecular weight is 373 g/mol. The maximum atomic E-state index is 11.0. The second-order valence-electron chi connectivity index (χ2n) is 5.37. The largest absolute Gasteiger partial charge is 0.286 e. The highest BCUT2D eigenvalue weighted by atomic mass is 32.2. The summed E-state index contributed by atoms with van der Waals surface area (Å²) in [5, 5.41) is 1.12. The third kappa shape index (κ3) is 5.04. The predicted octanol–water partition coefficient (Wildman–Crippen LogP) is 3.89. The van der Waals surface area contributed by atoms with Crippen molar-refractivity contribution in [1.29, 1.82) is 0 Å². The fourth-order valence-corrected chi connectivity index (χ4v) is 4.62. The van der Waals surface area contributed by atoms with Crippen LogP contribution in [0.1, 0.15) is 30.3 Å². The molecule has 0 atom stereocenters. The Kier molecular flexibility index (Phi) is 6.25. The molecule has 0 aliphatic heterocycles. The van der Waals surface area contributed by atoms with Crippen molar-refractivity contribution in [2.24, 2.45) is 0 Å². The van der Waals surface area contributed by atoms with Gasteiger partial charge in [0.25, 0.3) is 15.1 Å². The van der Waals surface area contributed by atoms with Gasteiger partial charge in [-0.1, -0.05) is 24.3 Å². The summed E-state index contributed by atoms with van der Waals surface area (Å²) in [6, 6.07) is 6.32. The van der Waals surface area contributed by atoms with Gasteiger partial charge in [0.15, 0.2) is 6.54 Å². The lowest BCUT2D eigenvalue weighted by atomic mass is 10.2. The SMILES string of the molecule is CCC(=Cc1sc2ccc(C)cc2[n+]1CCCS(=O)(=O)O)SC. The van der Waals surface area contributed by atoms with Crippen LogP contribution in [0.15, 0.2) is 23.1 Å². The molecule has 4 nitrogen and oxygen atoms in total. The van der Waals surface area contributed by atoms with Gasteiger partial charge in [0, 0.05) is 18.6 Å². The zero-order valence-corrected chi connectivity index (χ0v) is 16.0. The van der Waals surface area contributed by atoms with Gasteiger partial charge in [0.2, 0.25) is 5.52 Å². The minimum Gasteiger partial charge on any atom is -0.286 e. The zero-order chi connectivity index (χ0) is 17.0. The van der Waals surface area contributed by atoms with Crippen molar-refractivity contribution < 1.29 is 17.5 Å². The number of benzene rings is 1. The van der Waals surface area contributed by atoms with Crippen molar-refractivity contribution in [2.45, 2.75) is 33.2 Å². The Morgan fingerprint density at radius 2 is 2.17 bits per heavy atom. The topological polar surface area (TPSA) is 58.2 Å². The summed E-state index contributed by atoms with van der Waals surface area (Å²) in [5.74, 6) is -0.213. The van der Waals surface area contributed by atoms with E-state index in [0.717, 1.165) is 16.9 Å². The number of hydrogen-bond acceptors (Lipinski definition) is 4. The van der Waals surface area contributed by atoms with Gasteiger partial charge >= 0.3 is 0 Å². The van der Waals surface area contributed by atoms with Crippen LogP contribution >= 0.6 is 23.1 Å². The summed E-state index contributed by atoms with van der Waals surface area (Å²) >= 11 is 3.44. The van der Waals surface area contributed by atoms with E-state index in [-0.39, 0.29) is 5.75 Å². The maximum Gasteiger partial charge on any atom is 0.265 e. The first-order chi connectivity index (χ1) is 10.8. The Hall–Kier alpha value is -0.890. The minimum atomic E-state index is -3.91. The summed E-state index contributed by atoms with van der Waals surface area (Å²) in [4.78, 5) is 1.29. The number of thiazole rings is 1. The summed E-state index contributed by atoms with van der Waals surface area (Å²) in [6.45, 7) is 4.75. The molecule has 2 rings (SSSR count). The van der Waals surface area contributed by atoms with Crippen LogP contribution in [0.25, 0.3) is 16.3 Å². The molecule has 0 bridgehead atoms. The molecule has 1 aromatic heterocycles. The molecule has 126 valence electrons. The third-order valence-electron chi connectivity index (χ3n) is 3.56. The van der Waals surface area contributed by atoms with Crippen molar-refractivity contribution in [3.8, 4) is 0 Å². The van der Waals surface area contributed by atoms with E-state index >= 15 is 0 Å². The normalized spacial score (nSPS) is 13.0. The highest BCUT2D eigenvalue weighted by molar-refractivity contribution is 8.02. The number of allylic oxidation sites excluding steroid dienone is 1. The summed E-state index contributed by atoms with van der Waals surface area (Å²) in [6.07, 6.45) is 5.61. The van der Waals surface area contributed by atoms with Gasteiger partial charge in [-0.05, 0) is 36.1 Å². The highest BCUT2D eigenvalue weighted by Gasteiger charge is 2.20. The maximum absolute atomic E-state index is 11.0. The number of aromatic nitrogens is 1. The Morgan fingerprint density at radius 1 is 1.43 bits per heavy atom. The Morgan fingerprint density at radius 3 is 2.78 bits per heavy atom. The Labute approximate surface area is 146 Å². The van der Waals surface area contributed by atoms with E-state index in [4.69, 9.17) is 4.55 Å². The average Bonchev–Trinajstić information content (AvgIpc) is 2.81. The molecule has 0 fully saturated rings. The van der Waals surface area contributed by atoms with Crippen molar-refractivity contribution in [3.05, 3.63) is 33.7 Å². The lowest BCUT2D eigenvalue weighted by molar-refractivity contribution is -0.668. The molecular formula is C16H22NO3S3+. The van der Waals surface area contributed by atoms with E-state index in [1.165, 1.54) is 15.2 Å². The molecule has 0 radical (unpaired) electrons. The smallest absolute Gasteiger partial charge is 0.265 e. The van der Waals surface area contributed by atoms with Crippen LogP contribution in [0.3, 0.4) is 0 Å². The molecule has 23 heavy (non-hydrogen) atoms. The van der Waals surface area contributed by atoms with E-state index in [1.807, 2.05) is 0 Å². The molecule has 0 saturated carbocycles. The van der Waals surface area contributed by atoms with E-state index in [0.29, 0.717) is 13.0 Å². The number of nitrogens with zero attached hydrogens (tertiary/aromatic N) is 1. The van der Waals surface area contributed by atoms with E-state index in [1.54, 1.807) is 23.1 Å². The van der Waals surface area contributed by atoms with Crippen LogP contribution < -0.4 is 4.57 Å². The molecule has 1 N–H and O–H groups in total. The van der Waals surface area contributed by atoms with Gasteiger partial charge < -0.3 is 0 Å². The van der Waals surface area contributed by atoms with E-state index in [9.17, 15) is 8.42 Å². The van der Waals surface area contributed by atoms with Crippen molar-refractivity contribution in [1.82, 2.24) is 0 Å². The van der Waals surface area contributed by atoms with Gasteiger partial charge in [0.05, 0.1) is 5.75 Å². The molecule has 0 saturated heterocycles. The summed E-state index contributed by atoms with van der Waals surface area (Å²) in [5.41, 5.74) is 2.29. The Bertz CT molecular complexity index is 816. The molecular weight excluding hydrogens is 350 g/mol. The first kappa shape index (κ1) is 18.4. The molecule has 1 heterocycles. The summed E-state index contributed by atoms with van der Waals surface area (Å²) < 4.78 is 34.2. The number of aryl methyl sites for hydroxylation is 2. The van der Waals surface area contributed by atoms with Gasteiger partial charge in [-0.15, -0.1) is 11.8 Å². The molecule has 7 heteroatoms. The predicted molar refractivity (Wildman–Crippen MR) is 99.6 cm³/mol. The quantitative estimate of drug-likeness (QED) is 0.592. The van der Waals surface area contributed by atoms with Gasteiger partial charge in [-0.25, -0.2) is 0 Å². The Balaban J connectivity index is 2.44. The van der Waals surface area contributed by atoms with Crippen molar-refractivity contribution in [3.63, 3.8) is 0 Å². The molecule has 1 aromatic carbocycles. The number of fused-ring (bicyclic) bond motifs is 1. The second kappa shape index (κ2) is 7.79. The van der Waals surface area contributed by atoms with Crippen LogP contribution in [-0.2, 0) is 16.7 Å². The molecule has 0 aliphatic carbocycles. The van der Waals surface area contributed by atoms with Crippen molar-refractivity contribution in [2.75, 3.05) is 12.0 Å². The summed E-state index contributed by atoms with van der Waals surface area (Å²) in [7, 11) is -3.91. The highest BCUT2D eigenvalue weighted by Crippen LogP contribution is 2.26. The fraction of sp³-hybridized carbons (Fsp3) is 0.438. The third-order valence-corrected chi connectivity index (χ3v) is 6.41. The van der Waals surface area contributed by atoms with E-state index < -0.39 is 10.1 Å². The number of thioether (sulfide) groups is 1. The van der Waals surface area contributed by atoms with Crippen LogP contribution in [0.4, 0.5) is 0 Å². The van der Waals surface area contributed by atoms with Crippen LogP contribution in [0, 0.1) is 6.92 Å². The second-order valence-corrected chi connectivity index (χ2v) is 8.94. The minimum absolute atomic E-state index is 0.213. The lowest BCUT2D eigenvalue weighted by Gasteiger charge is -2.00. The van der Waals surface area contributed by atoms with Crippen LogP contribution in [-0.4, -0.2) is 25.0 Å². The van der Waals surface area contributed by atoms with Gasteiger partial charge in [-0.2, -0.15) is 13.0 Å². The van der Waals surface area contributed by atoms with Crippen molar-refractivity contribution >= 4 is 49.5 Å². The van der Waals surface area contributed by atoms with Crippen LogP contribution in [0.5, 0.6) is 0 Å². The first-order valence-corrected chi connectivity index (χ1v) is 11.1. The molecule has 2 aromatic rings. The molecule has 0 spiro atoms. The number of rotatable bonds is 7. The first-order valence-electron chi connectivity index (χ1n) is 7.46. The zero-order valence-electron chi connectivity index (χ0n) is 13.6.